The van der Waals surface area contributed by atoms with E-state index >= 15 is 0 Å². The molecule has 0 amide bonds. The molecular formula is C61H52OS. The van der Waals surface area contributed by atoms with Crippen LogP contribution in [0.5, 0.6) is 5.75 Å². The first-order chi connectivity index (χ1) is 30.8. The summed E-state index contributed by atoms with van der Waals surface area (Å²) >= 11 is 1.84. The van der Waals surface area contributed by atoms with E-state index in [4.69, 9.17) is 0 Å². The first-order valence-electron chi connectivity index (χ1n) is 21.9. The van der Waals surface area contributed by atoms with Gasteiger partial charge in [-0.1, -0.05) is 182 Å². The number of benzene rings is 6. The summed E-state index contributed by atoms with van der Waals surface area (Å²) in [5.41, 5.74) is 20.3. The predicted octanol–water partition coefficient (Wildman–Crippen LogP) is 17.1. The minimum Gasteiger partial charge on any atom is -0.507 e. The SMILES string of the molecule is C/C=C/C=C(\C=C/C=C/c1sc2ccccc2c1/C=C\c1ccc2c(c1)C=CC1=CC(c3ccc(-c4ccc(-c5c(C)c(C)c(C)c(O)c5C)cc4)cc3)=CCC12)c1ccccc1. The fourth-order valence-corrected chi connectivity index (χ4v) is 10.2. The Bertz CT molecular complexity index is 3070. The molecule has 9 rings (SSSR count). The van der Waals surface area contributed by atoms with Gasteiger partial charge in [-0.3, -0.25) is 0 Å². The van der Waals surface area contributed by atoms with E-state index in [9.17, 15) is 5.11 Å². The summed E-state index contributed by atoms with van der Waals surface area (Å²) < 4.78 is 1.29. The Morgan fingerprint density at radius 3 is 2.13 bits per heavy atom. The number of allylic oxidation sites excluding steroid dienone is 12. The Morgan fingerprint density at radius 1 is 0.651 bits per heavy atom. The maximum atomic E-state index is 10.8. The maximum absolute atomic E-state index is 10.8. The third-order valence-electron chi connectivity index (χ3n) is 12.9. The molecule has 1 heterocycles. The molecule has 0 spiro atoms. The lowest BCUT2D eigenvalue weighted by Crippen LogP contribution is -2.09. The number of thiophene rings is 1. The van der Waals surface area contributed by atoms with Crippen molar-refractivity contribution in [3.8, 4) is 28.0 Å². The van der Waals surface area contributed by atoms with Crippen molar-refractivity contribution in [1.82, 2.24) is 0 Å². The highest BCUT2D eigenvalue weighted by atomic mass is 32.1. The van der Waals surface area contributed by atoms with Crippen molar-refractivity contribution in [2.45, 2.75) is 47.0 Å². The van der Waals surface area contributed by atoms with Gasteiger partial charge in [0.15, 0.2) is 0 Å². The first-order valence-corrected chi connectivity index (χ1v) is 22.8. The van der Waals surface area contributed by atoms with Crippen molar-refractivity contribution in [2.75, 3.05) is 0 Å². The van der Waals surface area contributed by atoms with E-state index in [1.165, 1.54) is 81.8 Å². The van der Waals surface area contributed by atoms with Crippen LogP contribution in [-0.4, -0.2) is 5.11 Å². The van der Waals surface area contributed by atoms with E-state index in [-0.39, 0.29) is 0 Å². The highest BCUT2D eigenvalue weighted by Gasteiger charge is 2.24. The summed E-state index contributed by atoms with van der Waals surface area (Å²) in [4.78, 5) is 1.25. The summed E-state index contributed by atoms with van der Waals surface area (Å²) in [6, 6.07) is 43.9. The highest BCUT2D eigenvalue weighted by Crippen LogP contribution is 2.43. The molecule has 0 saturated heterocycles. The first kappa shape index (κ1) is 41.4. The Kier molecular flexibility index (Phi) is 11.9. The smallest absolute Gasteiger partial charge is 0.122 e. The average molecular weight is 833 g/mol. The van der Waals surface area contributed by atoms with Crippen molar-refractivity contribution in [3.63, 3.8) is 0 Å². The maximum Gasteiger partial charge on any atom is 0.122 e. The molecule has 1 aromatic heterocycles. The van der Waals surface area contributed by atoms with Gasteiger partial charge in [-0.05, 0) is 148 Å². The third kappa shape index (κ3) is 8.48. The molecule has 0 saturated carbocycles. The van der Waals surface area contributed by atoms with Crippen LogP contribution < -0.4 is 0 Å². The number of phenols is 1. The lowest BCUT2D eigenvalue weighted by Gasteiger charge is -2.27. The van der Waals surface area contributed by atoms with Crippen LogP contribution in [-0.2, 0) is 0 Å². The molecule has 1 N–H and O–H groups in total. The summed E-state index contributed by atoms with van der Waals surface area (Å²) in [6.45, 7) is 10.3. The van der Waals surface area contributed by atoms with E-state index in [1.807, 2.05) is 32.1 Å². The van der Waals surface area contributed by atoms with Gasteiger partial charge in [0.2, 0.25) is 0 Å². The molecule has 0 bridgehead atoms. The van der Waals surface area contributed by atoms with Crippen LogP contribution in [0.25, 0.3) is 67.8 Å². The van der Waals surface area contributed by atoms with Crippen LogP contribution in [0.3, 0.4) is 0 Å². The van der Waals surface area contributed by atoms with Crippen LogP contribution in [0.1, 0.15) is 79.8 Å². The van der Waals surface area contributed by atoms with E-state index in [2.05, 4.69) is 214 Å². The topological polar surface area (TPSA) is 20.2 Å². The Labute approximate surface area is 377 Å². The second-order valence-electron chi connectivity index (χ2n) is 16.6. The van der Waals surface area contributed by atoms with Crippen LogP contribution in [0.4, 0.5) is 0 Å². The number of hydrogen-bond acceptors (Lipinski definition) is 2. The minimum atomic E-state index is 0.358. The Hall–Kier alpha value is -7.00. The monoisotopic (exact) mass is 832 g/mol. The van der Waals surface area contributed by atoms with Gasteiger partial charge in [0, 0.05) is 26.4 Å². The molecule has 308 valence electrons. The number of hydrogen-bond donors (Lipinski definition) is 1. The second kappa shape index (κ2) is 18.2. The van der Waals surface area contributed by atoms with Gasteiger partial charge < -0.3 is 5.11 Å². The zero-order valence-electron chi connectivity index (χ0n) is 36.7. The third-order valence-corrected chi connectivity index (χ3v) is 14.0. The number of aromatic hydroxyl groups is 1. The van der Waals surface area contributed by atoms with Crippen molar-refractivity contribution >= 4 is 56.9 Å². The molecule has 0 fully saturated rings. The minimum absolute atomic E-state index is 0.358. The van der Waals surface area contributed by atoms with Gasteiger partial charge in [-0.2, -0.15) is 0 Å². The van der Waals surface area contributed by atoms with Gasteiger partial charge in [0.1, 0.15) is 5.75 Å². The van der Waals surface area contributed by atoms with Gasteiger partial charge >= 0.3 is 0 Å². The summed E-state index contributed by atoms with van der Waals surface area (Å²) in [5.74, 6) is 0.756. The molecule has 2 aliphatic rings. The fourth-order valence-electron chi connectivity index (χ4n) is 9.12. The largest absolute Gasteiger partial charge is 0.507 e. The molecule has 63 heavy (non-hydrogen) atoms. The van der Waals surface area contributed by atoms with Crippen LogP contribution in [0.15, 0.2) is 182 Å². The van der Waals surface area contributed by atoms with E-state index in [1.54, 1.807) is 0 Å². The number of fused-ring (bicyclic) bond motifs is 4. The zero-order valence-corrected chi connectivity index (χ0v) is 37.5. The molecule has 6 aromatic carbocycles. The lowest BCUT2D eigenvalue weighted by molar-refractivity contribution is 0.466. The number of rotatable bonds is 10. The van der Waals surface area contributed by atoms with Gasteiger partial charge in [0.25, 0.3) is 0 Å². The van der Waals surface area contributed by atoms with Gasteiger partial charge in [-0.15, -0.1) is 11.3 Å². The molecule has 1 atom stereocenters. The summed E-state index contributed by atoms with van der Waals surface area (Å²) in [6.07, 6.45) is 30.0. The molecular weight excluding hydrogens is 781 g/mol. The molecule has 7 aromatic rings. The van der Waals surface area contributed by atoms with E-state index in [0.717, 1.165) is 34.2 Å². The molecule has 2 aliphatic carbocycles. The van der Waals surface area contributed by atoms with E-state index < -0.39 is 0 Å². The van der Waals surface area contributed by atoms with Crippen LogP contribution in [0, 0.1) is 27.7 Å². The van der Waals surface area contributed by atoms with E-state index in [0.29, 0.717) is 11.7 Å². The van der Waals surface area contributed by atoms with Gasteiger partial charge in [-0.25, -0.2) is 0 Å². The van der Waals surface area contributed by atoms with Crippen molar-refractivity contribution in [1.29, 1.82) is 0 Å². The molecule has 1 nitrogen and oxygen atoms in total. The normalized spacial score (nSPS) is 15.2. The average Bonchev–Trinajstić information content (AvgIpc) is 3.69. The second-order valence-corrected chi connectivity index (χ2v) is 17.7. The molecule has 2 heteroatoms. The fraction of sp³-hybridized carbons (Fsp3) is 0.115. The quantitative estimate of drug-likeness (QED) is 0.136. The van der Waals surface area contributed by atoms with Crippen LogP contribution >= 0.6 is 11.3 Å². The molecule has 0 radical (unpaired) electrons. The Balaban J connectivity index is 0.895. The summed E-state index contributed by atoms with van der Waals surface area (Å²) in [5, 5.41) is 12.0. The molecule has 0 aliphatic heterocycles. The predicted molar refractivity (Wildman–Crippen MR) is 275 cm³/mol. The van der Waals surface area contributed by atoms with Crippen LogP contribution in [0.2, 0.25) is 0 Å². The highest BCUT2D eigenvalue weighted by molar-refractivity contribution is 7.20. The zero-order chi connectivity index (χ0) is 43.5. The lowest BCUT2D eigenvalue weighted by atomic mass is 9.77. The standard InChI is InChI=1S/C61H52OS/c1-6-7-15-45(46-16-9-8-10-17-46)18-11-13-20-59-57(56-19-12-14-21-58(56)63-59)36-23-44-22-35-54-52(38-44)32-33-53-39-51(34-37-55(53)54)49-26-24-47(25-27-49)48-28-30-50(31-29-48)60-41(3)40(2)42(4)61(62)43(60)5/h6-36,38-39,55,62H,37H2,1-5H3/b7-6+,18-11-,20-13+,36-23-,45-15+. The Morgan fingerprint density at radius 2 is 1.37 bits per heavy atom. The molecule has 1 unspecified atom stereocenters. The van der Waals surface area contributed by atoms with Crippen molar-refractivity contribution in [3.05, 3.63) is 242 Å². The summed E-state index contributed by atoms with van der Waals surface area (Å²) in [7, 11) is 0. The van der Waals surface area contributed by atoms with Crippen molar-refractivity contribution in [2.24, 2.45) is 0 Å². The van der Waals surface area contributed by atoms with Gasteiger partial charge in [0.05, 0.1) is 0 Å². The number of phenolic OH excluding ortho intramolecular Hbond substituents is 1. The van der Waals surface area contributed by atoms with Crippen molar-refractivity contribution < 1.29 is 5.11 Å².